The van der Waals surface area contributed by atoms with Crippen molar-refractivity contribution in [3.63, 3.8) is 0 Å². The Morgan fingerprint density at radius 3 is 2.65 bits per heavy atom. The van der Waals surface area contributed by atoms with E-state index in [-0.39, 0.29) is 23.8 Å². The number of phenolic OH excluding ortho intramolecular Hbond substituents is 1. The zero-order valence-electron chi connectivity index (χ0n) is 19.3. The number of ether oxygens (including phenoxy) is 2. The van der Waals surface area contributed by atoms with E-state index < -0.39 is 6.04 Å². The number of carbonyl (C=O) groups excluding carboxylic acids is 1. The van der Waals surface area contributed by atoms with E-state index in [1.165, 1.54) is 0 Å². The lowest BCUT2D eigenvalue weighted by molar-refractivity contribution is 0.0931. The summed E-state index contributed by atoms with van der Waals surface area (Å²) in [5, 5.41) is 13.5. The number of methoxy groups -OCH3 is 1. The first kappa shape index (κ1) is 23.6. The maximum atomic E-state index is 13.3. The molecular weight excluding hydrogens is 430 g/mol. The highest BCUT2D eigenvalue weighted by Gasteiger charge is 2.24. The number of pyridine rings is 1. The van der Waals surface area contributed by atoms with Crippen LogP contribution in [0.3, 0.4) is 0 Å². The lowest BCUT2D eigenvalue weighted by Gasteiger charge is -2.24. The maximum Gasteiger partial charge on any atom is 0.251 e. The van der Waals surface area contributed by atoms with E-state index >= 15 is 0 Å². The Bertz CT molecular complexity index is 1100. The summed E-state index contributed by atoms with van der Waals surface area (Å²) in [5.74, 6) is 0.976. The molecule has 0 spiro atoms. The number of hydrogen-bond acceptors (Lipinski definition) is 6. The quantitative estimate of drug-likeness (QED) is 0.427. The summed E-state index contributed by atoms with van der Waals surface area (Å²) in [5.41, 5.74) is 8.35. The van der Waals surface area contributed by atoms with E-state index in [0.29, 0.717) is 29.0 Å². The molecule has 7 heteroatoms. The number of nitrogens with two attached hydrogens (primary N) is 1. The Kier molecular flexibility index (Phi) is 7.65. The second-order valence-corrected chi connectivity index (χ2v) is 8.60. The average molecular weight is 462 g/mol. The highest BCUT2D eigenvalue weighted by atomic mass is 16.5. The van der Waals surface area contributed by atoms with Crippen molar-refractivity contribution in [1.82, 2.24) is 10.3 Å². The van der Waals surface area contributed by atoms with E-state index in [9.17, 15) is 9.90 Å². The molecule has 1 aliphatic carbocycles. The third-order valence-corrected chi connectivity index (χ3v) is 6.24. The molecule has 7 nitrogen and oxygen atoms in total. The van der Waals surface area contributed by atoms with Crippen molar-refractivity contribution in [1.29, 1.82) is 0 Å². The van der Waals surface area contributed by atoms with Crippen LogP contribution in [0.1, 0.15) is 65.7 Å². The molecule has 2 unspecified atom stereocenters. The number of nitrogens with zero attached hydrogens (tertiary/aromatic N) is 1. The third kappa shape index (κ3) is 5.66. The SMILES string of the molecule is COc1ccc(C(=O)NC(CC(N)c2cccnc2)c2ccccc2O)cc1OC1CCCC1. The first-order chi connectivity index (χ1) is 16.5. The molecule has 1 aliphatic rings. The van der Waals surface area contributed by atoms with Crippen molar-refractivity contribution in [3.8, 4) is 17.2 Å². The van der Waals surface area contributed by atoms with E-state index in [4.69, 9.17) is 15.2 Å². The predicted octanol–water partition coefficient (Wildman–Crippen LogP) is 4.68. The smallest absolute Gasteiger partial charge is 0.251 e. The normalized spacial score (nSPS) is 15.5. The van der Waals surface area contributed by atoms with Crippen molar-refractivity contribution < 1.29 is 19.4 Å². The van der Waals surface area contributed by atoms with Gasteiger partial charge < -0.3 is 25.6 Å². The van der Waals surface area contributed by atoms with Gasteiger partial charge in [0.15, 0.2) is 11.5 Å². The van der Waals surface area contributed by atoms with Crippen LogP contribution in [0.25, 0.3) is 0 Å². The van der Waals surface area contributed by atoms with Crippen molar-refractivity contribution in [3.05, 3.63) is 83.7 Å². The van der Waals surface area contributed by atoms with Crippen molar-refractivity contribution in [2.75, 3.05) is 7.11 Å². The van der Waals surface area contributed by atoms with Gasteiger partial charge in [-0.1, -0.05) is 24.3 Å². The fourth-order valence-electron chi connectivity index (χ4n) is 4.37. The number of nitrogens with one attached hydrogen (secondary N) is 1. The molecule has 1 amide bonds. The van der Waals surface area contributed by atoms with Gasteiger partial charge in [0.25, 0.3) is 5.91 Å². The van der Waals surface area contributed by atoms with Crippen LogP contribution in [0, 0.1) is 0 Å². The topological polar surface area (TPSA) is 107 Å². The Labute approximate surface area is 199 Å². The number of para-hydroxylation sites is 1. The highest BCUT2D eigenvalue weighted by Crippen LogP contribution is 2.34. The Hall–Kier alpha value is -3.58. The number of rotatable bonds is 9. The summed E-state index contributed by atoms with van der Waals surface area (Å²) in [7, 11) is 1.59. The molecule has 4 rings (SSSR count). The first-order valence-corrected chi connectivity index (χ1v) is 11.6. The maximum absolute atomic E-state index is 13.3. The number of benzene rings is 2. The average Bonchev–Trinajstić information content (AvgIpc) is 3.37. The molecule has 0 bridgehead atoms. The van der Waals surface area contributed by atoms with Crippen LogP contribution in [-0.2, 0) is 0 Å². The first-order valence-electron chi connectivity index (χ1n) is 11.6. The molecule has 178 valence electrons. The minimum Gasteiger partial charge on any atom is -0.508 e. The molecule has 3 aromatic rings. The van der Waals surface area contributed by atoms with Crippen LogP contribution < -0.4 is 20.5 Å². The van der Waals surface area contributed by atoms with Gasteiger partial charge in [0.1, 0.15) is 5.75 Å². The molecule has 0 aliphatic heterocycles. The second kappa shape index (κ2) is 11.0. The largest absolute Gasteiger partial charge is 0.508 e. The van der Waals surface area contributed by atoms with Gasteiger partial charge in [0.2, 0.25) is 0 Å². The Morgan fingerprint density at radius 2 is 1.94 bits per heavy atom. The lowest BCUT2D eigenvalue weighted by Crippen LogP contribution is -2.31. The second-order valence-electron chi connectivity index (χ2n) is 8.60. The number of aromatic hydroxyl groups is 1. The predicted molar refractivity (Wildman–Crippen MR) is 130 cm³/mol. The zero-order chi connectivity index (χ0) is 23.9. The summed E-state index contributed by atoms with van der Waals surface area (Å²) in [6.07, 6.45) is 8.22. The Balaban J connectivity index is 1.57. The third-order valence-electron chi connectivity index (χ3n) is 6.24. The van der Waals surface area contributed by atoms with Crippen LogP contribution >= 0.6 is 0 Å². The molecule has 0 saturated heterocycles. The monoisotopic (exact) mass is 461 g/mol. The van der Waals surface area contributed by atoms with Gasteiger partial charge in [-0.15, -0.1) is 0 Å². The summed E-state index contributed by atoms with van der Waals surface area (Å²) in [6, 6.07) is 15.0. The van der Waals surface area contributed by atoms with Gasteiger partial charge in [-0.2, -0.15) is 0 Å². The van der Waals surface area contributed by atoms with Crippen LogP contribution in [0.4, 0.5) is 0 Å². The van der Waals surface area contributed by atoms with Crippen molar-refractivity contribution in [2.45, 2.75) is 50.3 Å². The summed E-state index contributed by atoms with van der Waals surface area (Å²) < 4.78 is 11.6. The number of hydrogen-bond donors (Lipinski definition) is 3. The molecule has 2 aromatic carbocycles. The molecule has 34 heavy (non-hydrogen) atoms. The summed E-state index contributed by atoms with van der Waals surface area (Å²) in [6.45, 7) is 0. The molecule has 1 aromatic heterocycles. The van der Waals surface area contributed by atoms with Crippen molar-refractivity contribution >= 4 is 5.91 Å². The van der Waals surface area contributed by atoms with Crippen molar-refractivity contribution in [2.24, 2.45) is 5.73 Å². The van der Waals surface area contributed by atoms with Crippen LogP contribution in [0.5, 0.6) is 17.2 Å². The minimum atomic E-state index is -0.509. The van der Waals surface area contributed by atoms with Crippen LogP contribution in [0.2, 0.25) is 0 Å². The van der Waals surface area contributed by atoms with Crippen LogP contribution in [-0.4, -0.2) is 29.2 Å². The summed E-state index contributed by atoms with van der Waals surface area (Å²) in [4.78, 5) is 17.4. The molecule has 1 saturated carbocycles. The molecular formula is C27H31N3O4. The minimum absolute atomic E-state index is 0.103. The number of phenols is 1. The number of aromatic nitrogens is 1. The molecule has 2 atom stereocenters. The van der Waals surface area contributed by atoms with Gasteiger partial charge in [-0.3, -0.25) is 9.78 Å². The number of carbonyl (C=O) groups is 1. The van der Waals surface area contributed by atoms with Crippen LogP contribution in [0.15, 0.2) is 67.0 Å². The summed E-state index contributed by atoms with van der Waals surface area (Å²) >= 11 is 0. The van der Waals surface area contributed by atoms with Gasteiger partial charge in [-0.25, -0.2) is 0 Å². The Morgan fingerprint density at radius 1 is 1.15 bits per heavy atom. The van der Waals surface area contributed by atoms with Gasteiger partial charge in [-0.05, 0) is 68.0 Å². The van der Waals surface area contributed by atoms with Gasteiger partial charge in [0, 0.05) is 29.6 Å². The van der Waals surface area contributed by atoms with Gasteiger partial charge in [0.05, 0.1) is 19.3 Å². The van der Waals surface area contributed by atoms with E-state index in [1.54, 1.807) is 55.9 Å². The standard InChI is InChI=1S/C27H31N3O4/c1-33-25-13-12-18(15-26(25)34-20-8-2-3-9-20)27(32)30-23(21-10-4-5-11-24(21)31)16-22(28)19-7-6-14-29-17-19/h4-7,10-15,17,20,22-23,31H,2-3,8-9,16,28H2,1H3,(H,30,32). The van der Waals surface area contributed by atoms with E-state index in [2.05, 4.69) is 10.3 Å². The number of amides is 1. The molecule has 1 heterocycles. The lowest BCUT2D eigenvalue weighted by atomic mass is 9.95. The molecule has 1 fully saturated rings. The highest BCUT2D eigenvalue weighted by molar-refractivity contribution is 5.95. The van der Waals surface area contributed by atoms with E-state index in [1.807, 2.05) is 18.2 Å². The van der Waals surface area contributed by atoms with Gasteiger partial charge >= 0.3 is 0 Å². The van der Waals surface area contributed by atoms with E-state index in [0.717, 1.165) is 31.2 Å². The molecule has 0 radical (unpaired) electrons. The fourth-order valence-corrected chi connectivity index (χ4v) is 4.37. The molecule has 4 N–H and O–H groups in total. The fraction of sp³-hybridized carbons (Fsp3) is 0.333. The zero-order valence-corrected chi connectivity index (χ0v) is 19.3.